The third-order valence-corrected chi connectivity index (χ3v) is 2.79. The molecule has 2 aromatic rings. The zero-order valence-corrected chi connectivity index (χ0v) is 10.6. The monoisotopic (exact) mass is 307 g/mol. The molecule has 0 amide bonds. The Hall–Kier alpha value is -2.13. The van der Waals surface area contributed by atoms with E-state index in [0.717, 1.165) is 6.07 Å². The van der Waals surface area contributed by atoms with Crippen molar-refractivity contribution in [1.29, 1.82) is 5.26 Å². The van der Waals surface area contributed by atoms with Crippen molar-refractivity contribution in [2.45, 2.75) is 0 Å². The van der Waals surface area contributed by atoms with Crippen molar-refractivity contribution in [2.75, 3.05) is 5.73 Å². The number of hydrogen-bond acceptors (Lipinski definition) is 4. The van der Waals surface area contributed by atoms with Gasteiger partial charge in [-0.1, -0.05) is 0 Å². The summed E-state index contributed by atoms with van der Waals surface area (Å²) in [6.07, 6.45) is 2.84. The van der Waals surface area contributed by atoms with E-state index < -0.39 is 5.82 Å². The summed E-state index contributed by atoms with van der Waals surface area (Å²) < 4.78 is 19.0. The molecule has 0 spiro atoms. The van der Waals surface area contributed by atoms with Crippen LogP contribution in [0.5, 0.6) is 11.5 Å². The lowest BCUT2D eigenvalue weighted by atomic mass is 10.2. The number of nitriles is 1. The second-order valence-corrected chi connectivity index (χ2v) is 4.24. The fourth-order valence-electron chi connectivity index (χ4n) is 1.30. The van der Waals surface area contributed by atoms with Crippen molar-refractivity contribution in [1.82, 2.24) is 4.98 Å². The van der Waals surface area contributed by atoms with Gasteiger partial charge in [-0.05, 0) is 28.1 Å². The van der Waals surface area contributed by atoms with Gasteiger partial charge < -0.3 is 10.5 Å². The maximum absolute atomic E-state index is 13.4. The molecule has 18 heavy (non-hydrogen) atoms. The first-order valence-corrected chi connectivity index (χ1v) is 5.67. The van der Waals surface area contributed by atoms with E-state index in [1.165, 1.54) is 24.5 Å². The number of anilines is 1. The van der Waals surface area contributed by atoms with Crippen molar-refractivity contribution in [3.63, 3.8) is 0 Å². The highest BCUT2D eigenvalue weighted by Gasteiger charge is 2.10. The van der Waals surface area contributed by atoms with Gasteiger partial charge in [0.2, 0.25) is 0 Å². The van der Waals surface area contributed by atoms with Gasteiger partial charge in [-0.3, -0.25) is 4.98 Å². The molecule has 4 nitrogen and oxygen atoms in total. The fourth-order valence-corrected chi connectivity index (χ4v) is 1.67. The summed E-state index contributed by atoms with van der Waals surface area (Å²) in [5.41, 5.74) is 6.26. The highest BCUT2D eigenvalue weighted by Crippen LogP contribution is 2.32. The lowest BCUT2D eigenvalue weighted by Crippen LogP contribution is -1.95. The second-order valence-electron chi connectivity index (χ2n) is 3.39. The van der Waals surface area contributed by atoms with Crippen molar-refractivity contribution in [2.24, 2.45) is 0 Å². The van der Waals surface area contributed by atoms with E-state index >= 15 is 0 Å². The molecule has 0 saturated heterocycles. The molecule has 2 rings (SSSR count). The van der Waals surface area contributed by atoms with Crippen LogP contribution in [-0.4, -0.2) is 4.98 Å². The average Bonchev–Trinajstić information content (AvgIpc) is 2.36. The minimum absolute atomic E-state index is 0.139. The zero-order chi connectivity index (χ0) is 13.1. The number of ether oxygens (including phenoxy) is 1. The number of aromatic nitrogens is 1. The molecule has 0 bridgehead atoms. The number of nitrogens with two attached hydrogens (primary N) is 1. The maximum Gasteiger partial charge on any atom is 0.163 e. The summed E-state index contributed by atoms with van der Waals surface area (Å²) in [7, 11) is 0. The quantitative estimate of drug-likeness (QED) is 0.865. The molecule has 0 radical (unpaired) electrons. The van der Waals surface area contributed by atoms with Crippen LogP contribution in [0.4, 0.5) is 10.1 Å². The van der Waals surface area contributed by atoms with Crippen LogP contribution in [0, 0.1) is 17.1 Å². The lowest BCUT2D eigenvalue weighted by Gasteiger charge is -2.09. The number of halogens is 2. The molecule has 1 aromatic heterocycles. The minimum Gasteiger partial charge on any atom is -0.452 e. The molecule has 0 aliphatic rings. The van der Waals surface area contributed by atoms with Crippen molar-refractivity contribution in [3.8, 4) is 17.6 Å². The predicted molar refractivity (Wildman–Crippen MR) is 67.5 cm³/mol. The van der Waals surface area contributed by atoms with Gasteiger partial charge in [-0.15, -0.1) is 0 Å². The molecule has 0 saturated carbocycles. The fraction of sp³-hybridized carbons (Fsp3) is 0. The molecule has 1 aromatic carbocycles. The van der Waals surface area contributed by atoms with Gasteiger partial charge in [0.15, 0.2) is 11.5 Å². The molecule has 1 heterocycles. The molecular formula is C12H7BrFN3O. The molecule has 90 valence electrons. The number of nitrogen functional groups attached to an aromatic ring is 1. The smallest absolute Gasteiger partial charge is 0.163 e. The first-order valence-electron chi connectivity index (χ1n) is 4.88. The highest BCUT2D eigenvalue weighted by atomic mass is 79.9. The topological polar surface area (TPSA) is 71.9 Å². The Kier molecular flexibility index (Phi) is 3.44. The number of rotatable bonds is 2. The first-order chi connectivity index (χ1) is 8.61. The maximum atomic E-state index is 13.4. The summed E-state index contributed by atoms with van der Waals surface area (Å²) in [5, 5.41) is 8.89. The van der Waals surface area contributed by atoms with Gasteiger partial charge >= 0.3 is 0 Å². The van der Waals surface area contributed by atoms with Crippen LogP contribution in [0.1, 0.15) is 5.56 Å². The van der Waals surface area contributed by atoms with Crippen LogP contribution < -0.4 is 10.5 Å². The van der Waals surface area contributed by atoms with E-state index in [9.17, 15) is 4.39 Å². The van der Waals surface area contributed by atoms with Gasteiger partial charge in [0.25, 0.3) is 0 Å². The van der Waals surface area contributed by atoms with Crippen LogP contribution in [-0.2, 0) is 0 Å². The molecule has 6 heteroatoms. The van der Waals surface area contributed by atoms with Crippen LogP contribution in [0.15, 0.2) is 35.1 Å². The Morgan fingerprint density at radius 2 is 2.17 bits per heavy atom. The summed E-state index contributed by atoms with van der Waals surface area (Å²) in [5.74, 6) is -0.129. The second kappa shape index (κ2) is 5.02. The van der Waals surface area contributed by atoms with E-state index in [1.807, 2.05) is 6.07 Å². The molecule has 2 N–H and O–H groups in total. The number of nitrogens with zero attached hydrogens (tertiary/aromatic N) is 2. The van der Waals surface area contributed by atoms with E-state index in [-0.39, 0.29) is 21.7 Å². The Morgan fingerprint density at radius 3 is 2.89 bits per heavy atom. The third kappa shape index (κ3) is 2.41. The highest BCUT2D eigenvalue weighted by molar-refractivity contribution is 9.10. The standard InChI is InChI=1S/C12H7BrFN3O/c13-8-3-10(16)11(4-9(8)14)18-12-6-17-2-1-7(12)5-15/h1-4,6H,16H2. The van der Waals surface area contributed by atoms with Gasteiger partial charge in [0.05, 0.1) is 21.9 Å². The van der Waals surface area contributed by atoms with Gasteiger partial charge in [-0.25, -0.2) is 4.39 Å². The number of benzene rings is 1. The first kappa shape index (κ1) is 12.3. The molecule has 0 unspecified atom stereocenters. The van der Waals surface area contributed by atoms with Gasteiger partial charge in [0, 0.05) is 12.3 Å². The van der Waals surface area contributed by atoms with Crippen LogP contribution in [0.3, 0.4) is 0 Å². The minimum atomic E-state index is -0.499. The van der Waals surface area contributed by atoms with Crippen molar-refractivity contribution in [3.05, 3.63) is 46.4 Å². The molecule has 0 fully saturated rings. The summed E-state index contributed by atoms with van der Waals surface area (Å²) in [4.78, 5) is 3.84. The number of pyridine rings is 1. The van der Waals surface area contributed by atoms with E-state index in [4.69, 9.17) is 15.7 Å². The Labute approximate surface area is 111 Å². The molecule has 0 atom stereocenters. The van der Waals surface area contributed by atoms with Crippen molar-refractivity contribution < 1.29 is 9.13 Å². The van der Waals surface area contributed by atoms with Crippen LogP contribution in [0.2, 0.25) is 0 Å². The van der Waals surface area contributed by atoms with Crippen LogP contribution >= 0.6 is 15.9 Å². The number of hydrogen-bond donors (Lipinski definition) is 1. The molecule has 0 aliphatic heterocycles. The summed E-state index contributed by atoms with van der Waals surface area (Å²) in [6.45, 7) is 0. The Morgan fingerprint density at radius 1 is 1.39 bits per heavy atom. The average molecular weight is 308 g/mol. The normalized spacial score (nSPS) is 9.83. The summed E-state index contributed by atoms with van der Waals surface area (Å²) in [6, 6.07) is 6.00. The van der Waals surface area contributed by atoms with Gasteiger partial charge in [-0.2, -0.15) is 5.26 Å². The van der Waals surface area contributed by atoms with E-state index in [1.54, 1.807) is 0 Å². The van der Waals surface area contributed by atoms with Crippen LogP contribution in [0.25, 0.3) is 0 Å². The van der Waals surface area contributed by atoms with Gasteiger partial charge in [0.1, 0.15) is 11.9 Å². The molecular weight excluding hydrogens is 301 g/mol. The Bertz CT molecular complexity index is 640. The lowest BCUT2D eigenvalue weighted by molar-refractivity contribution is 0.475. The van der Waals surface area contributed by atoms with E-state index in [0.29, 0.717) is 5.56 Å². The predicted octanol–water partition coefficient (Wildman–Crippen LogP) is 3.23. The largest absolute Gasteiger partial charge is 0.452 e. The van der Waals surface area contributed by atoms with E-state index in [2.05, 4.69) is 20.9 Å². The molecule has 0 aliphatic carbocycles. The van der Waals surface area contributed by atoms with Crippen molar-refractivity contribution >= 4 is 21.6 Å². The Balaban J connectivity index is 2.41. The third-order valence-electron chi connectivity index (χ3n) is 2.18. The zero-order valence-electron chi connectivity index (χ0n) is 9.02. The summed E-state index contributed by atoms with van der Waals surface area (Å²) >= 11 is 3.02. The SMILES string of the molecule is N#Cc1ccncc1Oc1cc(F)c(Br)cc1N.